The Labute approximate surface area is 120 Å². The Kier molecular flexibility index (Phi) is 4.02. The third kappa shape index (κ3) is 3.02. The SMILES string of the molecule is O=C1NCC=CN1C1CCN(Cc2ccccc2)CC1. The molecule has 2 amide bonds. The first-order valence-corrected chi connectivity index (χ1v) is 7.32. The van der Waals surface area contributed by atoms with Crippen molar-refractivity contribution in [2.45, 2.75) is 25.4 Å². The van der Waals surface area contributed by atoms with Crippen molar-refractivity contribution in [2.75, 3.05) is 19.6 Å². The van der Waals surface area contributed by atoms with E-state index in [1.807, 2.05) is 17.2 Å². The average Bonchev–Trinajstić information content (AvgIpc) is 2.50. The largest absolute Gasteiger partial charge is 0.334 e. The van der Waals surface area contributed by atoms with Gasteiger partial charge in [-0.1, -0.05) is 30.3 Å². The fourth-order valence-electron chi connectivity index (χ4n) is 2.96. The normalized spacial score (nSPS) is 21.0. The molecule has 0 radical (unpaired) electrons. The highest BCUT2D eigenvalue weighted by Gasteiger charge is 2.27. The summed E-state index contributed by atoms with van der Waals surface area (Å²) < 4.78 is 0. The van der Waals surface area contributed by atoms with E-state index in [1.54, 1.807) is 0 Å². The molecule has 106 valence electrons. The van der Waals surface area contributed by atoms with Gasteiger partial charge in [-0.15, -0.1) is 0 Å². The predicted molar refractivity (Wildman–Crippen MR) is 79.1 cm³/mol. The van der Waals surface area contributed by atoms with Crippen LogP contribution in [0.1, 0.15) is 18.4 Å². The van der Waals surface area contributed by atoms with Crippen molar-refractivity contribution < 1.29 is 4.79 Å². The van der Waals surface area contributed by atoms with Crippen LogP contribution in [0.15, 0.2) is 42.6 Å². The summed E-state index contributed by atoms with van der Waals surface area (Å²) in [5.74, 6) is 0. The molecular formula is C16H21N3O. The van der Waals surface area contributed by atoms with Crippen LogP contribution in [0, 0.1) is 0 Å². The number of nitrogens with zero attached hydrogens (tertiary/aromatic N) is 2. The maximum Gasteiger partial charge on any atom is 0.321 e. The molecule has 0 aliphatic carbocycles. The highest BCUT2D eigenvalue weighted by molar-refractivity contribution is 5.76. The van der Waals surface area contributed by atoms with Crippen molar-refractivity contribution in [1.29, 1.82) is 0 Å². The van der Waals surface area contributed by atoms with Crippen LogP contribution in [0.25, 0.3) is 0 Å². The lowest BCUT2D eigenvalue weighted by Gasteiger charge is -2.37. The Morgan fingerprint density at radius 2 is 1.90 bits per heavy atom. The number of nitrogens with one attached hydrogen (secondary N) is 1. The molecule has 0 unspecified atom stereocenters. The summed E-state index contributed by atoms with van der Waals surface area (Å²) in [5.41, 5.74) is 1.36. The van der Waals surface area contributed by atoms with Crippen molar-refractivity contribution in [1.82, 2.24) is 15.1 Å². The molecule has 0 atom stereocenters. The Hall–Kier alpha value is -1.81. The van der Waals surface area contributed by atoms with Crippen molar-refractivity contribution in [2.24, 2.45) is 0 Å². The highest BCUT2D eigenvalue weighted by Crippen LogP contribution is 2.19. The first-order chi connectivity index (χ1) is 9.83. The smallest absolute Gasteiger partial charge is 0.321 e. The zero-order valence-corrected chi connectivity index (χ0v) is 11.7. The number of piperidine rings is 1. The third-order valence-electron chi connectivity index (χ3n) is 4.07. The van der Waals surface area contributed by atoms with Crippen LogP contribution in [0.5, 0.6) is 0 Å². The summed E-state index contributed by atoms with van der Waals surface area (Å²) in [6.45, 7) is 3.77. The molecule has 20 heavy (non-hydrogen) atoms. The summed E-state index contributed by atoms with van der Waals surface area (Å²) in [7, 11) is 0. The molecule has 0 spiro atoms. The summed E-state index contributed by atoms with van der Waals surface area (Å²) in [6.07, 6.45) is 6.04. The molecule has 4 heteroatoms. The van der Waals surface area contributed by atoms with Crippen molar-refractivity contribution in [3.05, 3.63) is 48.2 Å². The molecule has 1 saturated heterocycles. The number of carbonyl (C=O) groups excluding carboxylic acids is 1. The van der Waals surface area contributed by atoms with Gasteiger partial charge in [-0.2, -0.15) is 0 Å². The fourth-order valence-corrected chi connectivity index (χ4v) is 2.96. The number of likely N-dealkylation sites (tertiary alicyclic amines) is 1. The molecule has 3 rings (SSSR count). The number of rotatable bonds is 3. The van der Waals surface area contributed by atoms with Crippen LogP contribution >= 0.6 is 0 Å². The Bertz CT molecular complexity index is 478. The van der Waals surface area contributed by atoms with E-state index < -0.39 is 0 Å². The molecule has 2 heterocycles. The quantitative estimate of drug-likeness (QED) is 0.914. The molecule has 1 fully saturated rings. The van der Waals surface area contributed by atoms with Gasteiger partial charge in [-0.3, -0.25) is 9.80 Å². The van der Waals surface area contributed by atoms with Crippen LogP contribution in [0.2, 0.25) is 0 Å². The lowest BCUT2D eigenvalue weighted by Crippen LogP contribution is -2.49. The van der Waals surface area contributed by atoms with Gasteiger partial charge in [-0.25, -0.2) is 4.79 Å². The number of hydrogen-bond acceptors (Lipinski definition) is 2. The van der Waals surface area contributed by atoms with Crippen LogP contribution in [0.4, 0.5) is 4.79 Å². The highest BCUT2D eigenvalue weighted by atomic mass is 16.2. The molecule has 2 aliphatic rings. The van der Waals surface area contributed by atoms with Gasteiger partial charge in [-0.05, 0) is 24.5 Å². The van der Waals surface area contributed by atoms with Crippen LogP contribution in [-0.2, 0) is 6.54 Å². The maximum atomic E-state index is 11.8. The molecule has 0 aromatic heterocycles. The summed E-state index contributed by atoms with van der Waals surface area (Å²) in [6, 6.07) is 11.0. The second-order valence-electron chi connectivity index (χ2n) is 5.47. The van der Waals surface area contributed by atoms with Crippen LogP contribution in [0.3, 0.4) is 0 Å². The van der Waals surface area contributed by atoms with Crippen LogP contribution < -0.4 is 5.32 Å². The molecular weight excluding hydrogens is 250 g/mol. The Morgan fingerprint density at radius 1 is 1.15 bits per heavy atom. The second kappa shape index (κ2) is 6.09. The van der Waals surface area contributed by atoms with Gasteiger partial charge in [0.25, 0.3) is 0 Å². The Balaban J connectivity index is 1.53. The number of urea groups is 1. The molecule has 0 bridgehead atoms. The van der Waals surface area contributed by atoms with Crippen molar-refractivity contribution in [3.8, 4) is 0 Å². The summed E-state index contributed by atoms with van der Waals surface area (Å²) in [5, 5.41) is 2.87. The van der Waals surface area contributed by atoms with E-state index in [0.29, 0.717) is 12.6 Å². The molecule has 2 aliphatic heterocycles. The lowest BCUT2D eigenvalue weighted by molar-refractivity contribution is 0.139. The molecule has 1 N–H and O–H groups in total. The van der Waals surface area contributed by atoms with E-state index in [-0.39, 0.29) is 6.03 Å². The Morgan fingerprint density at radius 3 is 2.60 bits per heavy atom. The molecule has 4 nitrogen and oxygen atoms in total. The minimum Gasteiger partial charge on any atom is -0.334 e. The number of benzene rings is 1. The average molecular weight is 271 g/mol. The standard InChI is InChI=1S/C16H21N3O/c20-16-17-9-4-10-19(16)15-7-11-18(12-8-15)13-14-5-2-1-3-6-14/h1-6,10,15H,7-9,11-13H2,(H,17,20). The first kappa shape index (κ1) is 13.2. The third-order valence-corrected chi connectivity index (χ3v) is 4.07. The minimum absolute atomic E-state index is 0.0500. The zero-order valence-electron chi connectivity index (χ0n) is 11.7. The lowest BCUT2D eigenvalue weighted by atomic mass is 10.0. The van der Waals surface area contributed by atoms with Gasteiger partial charge in [0, 0.05) is 38.4 Å². The molecule has 1 aromatic carbocycles. The van der Waals surface area contributed by atoms with Gasteiger partial charge in [0.05, 0.1) is 0 Å². The minimum atomic E-state index is 0.0500. The van der Waals surface area contributed by atoms with Gasteiger partial charge in [0.1, 0.15) is 0 Å². The monoisotopic (exact) mass is 271 g/mol. The predicted octanol–water partition coefficient (Wildman–Crippen LogP) is 2.19. The number of carbonyl (C=O) groups is 1. The van der Waals surface area contributed by atoms with Crippen molar-refractivity contribution in [3.63, 3.8) is 0 Å². The van der Waals surface area contributed by atoms with Gasteiger partial charge >= 0.3 is 6.03 Å². The van der Waals surface area contributed by atoms with E-state index in [2.05, 4.69) is 40.5 Å². The van der Waals surface area contributed by atoms with Crippen molar-refractivity contribution >= 4 is 6.03 Å². The van der Waals surface area contributed by atoms with E-state index in [1.165, 1.54) is 5.56 Å². The van der Waals surface area contributed by atoms with Crippen LogP contribution in [-0.4, -0.2) is 41.5 Å². The number of amides is 2. The first-order valence-electron chi connectivity index (χ1n) is 7.32. The van der Waals surface area contributed by atoms with E-state index in [0.717, 1.165) is 32.5 Å². The van der Waals surface area contributed by atoms with E-state index in [9.17, 15) is 4.79 Å². The van der Waals surface area contributed by atoms with E-state index in [4.69, 9.17) is 0 Å². The second-order valence-corrected chi connectivity index (χ2v) is 5.47. The summed E-state index contributed by atoms with van der Waals surface area (Å²) >= 11 is 0. The zero-order chi connectivity index (χ0) is 13.8. The topological polar surface area (TPSA) is 35.6 Å². The number of hydrogen-bond donors (Lipinski definition) is 1. The fraction of sp³-hybridized carbons (Fsp3) is 0.438. The van der Waals surface area contributed by atoms with Gasteiger partial charge in [0.15, 0.2) is 0 Å². The molecule has 1 aromatic rings. The summed E-state index contributed by atoms with van der Waals surface area (Å²) in [4.78, 5) is 16.2. The van der Waals surface area contributed by atoms with Gasteiger partial charge < -0.3 is 5.32 Å². The molecule has 0 saturated carbocycles. The van der Waals surface area contributed by atoms with Gasteiger partial charge in [0.2, 0.25) is 0 Å². The van der Waals surface area contributed by atoms with E-state index >= 15 is 0 Å². The maximum absolute atomic E-state index is 11.8.